The molecule has 1 aromatic heterocycles. The number of pyridine rings is 1. The Hall–Kier alpha value is -1.63. The molecule has 0 atom stereocenters. The van der Waals surface area contributed by atoms with Crippen molar-refractivity contribution in [3.63, 3.8) is 0 Å². The minimum atomic E-state index is 1.32. The van der Waals surface area contributed by atoms with Crippen molar-refractivity contribution in [3.05, 3.63) is 66.5 Å². The molecular weight excluding hydrogens is 158 g/mol. The lowest BCUT2D eigenvalue weighted by Gasteiger charge is -1.82. The van der Waals surface area contributed by atoms with Crippen LogP contribution < -0.4 is 4.98 Å². The van der Waals surface area contributed by atoms with Gasteiger partial charge in [0.2, 0.25) is 0 Å². The highest BCUT2D eigenvalue weighted by Crippen LogP contribution is 1.92. The van der Waals surface area contributed by atoms with Gasteiger partial charge in [0.1, 0.15) is 0 Å². The number of hydrogen-bond acceptors (Lipinski definition) is 0. The molecule has 0 bridgehead atoms. The SMILES string of the molecule is Cc1ccccc1.c1cc[nH+]cc1. The summed E-state index contributed by atoms with van der Waals surface area (Å²) < 4.78 is 0. The maximum atomic E-state index is 2.89. The Kier molecular flexibility index (Phi) is 4.33. The average molecular weight is 172 g/mol. The third-order valence-electron chi connectivity index (χ3n) is 1.55. The first kappa shape index (κ1) is 9.46. The second kappa shape index (κ2) is 5.95. The molecule has 66 valence electrons. The summed E-state index contributed by atoms with van der Waals surface area (Å²) in [7, 11) is 0. The van der Waals surface area contributed by atoms with Crippen molar-refractivity contribution in [2.75, 3.05) is 0 Å². The first-order chi connectivity index (χ1) is 6.39. The molecule has 0 radical (unpaired) electrons. The van der Waals surface area contributed by atoms with Crippen molar-refractivity contribution < 1.29 is 4.98 Å². The number of aryl methyl sites for hydroxylation is 1. The van der Waals surface area contributed by atoms with E-state index in [0.29, 0.717) is 0 Å². The largest absolute Gasteiger partial charge is 0.218 e. The summed E-state index contributed by atoms with van der Waals surface area (Å²) in [6.07, 6.45) is 3.75. The summed E-state index contributed by atoms with van der Waals surface area (Å²) in [5.74, 6) is 0. The molecule has 0 saturated heterocycles. The van der Waals surface area contributed by atoms with Crippen LogP contribution in [-0.4, -0.2) is 0 Å². The zero-order chi connectivity index (χ0) is 9.36. The molecule has 1 N–H and O–H groups in total. The molecular formula is C12H14N+. The van der Waals surface area contributed by atoms with Gasteiger partial charge in [-0.15, -0.1) is 0 Å². The molecule has 1 nitrogen and oxygen atoms in total. The third-order valence-corrected chi connectivity index (χ3v) is 1.55. The molecule has 1 heteroatoms. The Morgan fingerprint density at radius 1 is 0.769 bits per heavy atom. The van der Waals surface area contributed by atoms with Crippen LogP contribution in [0, 0.1) is 6.92 Å². The topological polar surface area (TPSA) is 14.1 Å². The van der Waals surface area contributed by atoms with Gasteiger partial charge in [-0.05, 0) is 6.92 Å². The van der Waals surface area contributed by atoms with E-state index in [-0.39, 0.29) is 0 Å². The smallest absolute Gasteiger partial charge is 0.166 e. The van der Waals surface area contributed by atoms with Gasteiger partial charge in [0.15, 0.2) is 12.4 Å². The van der Waals surface area contributed by atoms with Crippen LogP contribution in [0.15, 0.2) is 60.9 Å². The molecule has 0 saturated carbocycles. The number of benzene rings is 1. The summed E-state index contributed by atoms with van der Waals surface area (Å²) in [6.45, 7) is 2.08. The van der Waals surface area contributed by atoms with E-state index < -0.39 is 0 Å². The number of aromatic nitrogens is 1. The number of aromatic amines is 1. The number of hydrogen-bond donors (Lipinski definition) is 0. The van der Waals surface area contributed by atoms with Crippen LogP contribution in [-0.2, 0) is 0 Å². The normalized spacial score (nSPS) is 8.38. The van der Waals surface area contributed by atoms with Crippen molar-refractivity contribution in [1.29, 1.82) is 0 Å². The minimum absolute atomic E-state index is 1.32. The summed E-state index contributed by atoms with van der Waals surface area (Å²) in [6, 6.07) is 16.1. The Labute approximate surface area is 79.1 Å². The van der Waals surface area contributed by atoms with E-state index in [0.717, 1.165) is 0 Å². The monoisotopic (exact) mass is 172 g/mol. The standard InChI is InChI=1S/C7H8.C5H5N/c1-7-5-3-2-4-6-7;1-2-4-6-5-3-1/h2-6H,1H3;1-5H/p+1. The summed E-state index contributed by atoms with van der Waals surface area (Å²) >= 11 is 0. The molecule has 0 spiro atoms. The lowest BCUT2D eigenvalue weighted by Crippen LogP contribution is -1.93. The Balaban J connectivity index is 0.000000132. The first-order valence-electron chi connectivity index (χ1n) is 4.32. The zero-order valence-corrected chi connectivity index (χ0v) is 7.77. The van der Waals surface area contributed by atoms with Crippen molar-refractivity contribution in [1.82, 2.24) is 0 Å². The fourth-order valence-corrected chi connectivity index (χ4v) is 0.876. The van der Waals surface area contributed by atoms with E-state index in [1.807, 2.05) is 48.8 Å². The highest BCUT2D eigenvalue weighted by molar-refractivity contribution is 5.11. The van der Waals surface area contributed by atoms with Crippen LogP contribution >= 0.6 is 0 Å². The van der Waals surface area contributed by atoms with Crippen molar-refractivity contribution in [2.24, 2.45) is 0 Å². The molecule has 0 aliphatic heterocycles. The molecule has 0 amide bonds. The summed E-state index contributed by atoms with van der Waals surface area (Å²) in [4.78, 5) is 2.89. The van der Waals surface area contributed by atoms with Gasteiger partial charge in [0.25, 0.3) is 0 Å². The van der Waals surface area contributed by atoms with E-state index >= 15 is 0 Å². The molecule has 13 heavy (non-hydrogen) atoms. The van der Waals surface area contributed by atoms with Crippen molar-refractivity contribution >= 4 is 0 Å². The zero-order valence-electron chi connectivity index (χ0n) is 7.77. The minimum Gasteiger partial charge on any atom is -0.218 e. The molecule has 2 rings (SSSR count). The highest BCUT2D eigenvalue weighted by Gasteiger charge is 1.72. The van der Waals surface area contributed by atoms with Crippen LogP contribution in [0.3, 0.4) is 0 Å². The quantitative estimate of drug-likeness (QED) is 0.579. The summed E-state index contributed by atoms with van der Waals surface area (Å²) in [5, 5.41) is 0. The molecule has 0 aliphatic rings. The Morgan fingerprint density at radius 3 is 1.54 bits per heavy atom. The van der Waals surface area contributed by atoms with Gasteiger partial charge >= 0.3 is 0 Å². The first-order valence-corrected chi connectivity index (χ1v) is 4.32. The molecule has 0 aliphatic carbocycles. The van der Waals surface area contributed by atoms with Gasteiger partial charge in [-0.1, -0.05) is 42.0 Å². The van der Waals surface area contributed by atoms with E-state index in [4.69, 9.17) is 0 Å². The average Bonchev–Trinajstić information content (AvgIpc) is 2.22. The number of rotatable bonds is 0. The Bertz CT molecular complexity index is 276. The van der Waals surface area contributed by atoms with Crippen LogP contribution in [0.5, 0.6) is 0 Å². The van der Waals surface area contributed by atoms with E-state index in [1.165, 1.54) is 5.56 Å². The fourth-order valence-electron chi connectivity index (χ4n) is 0.876. The second-order valence-corrected chi connectivity index (χ2v) is 2.73. The van der Waals surface area contributed by atoms with Gasteiger partial charge in [-0.2, -0.15) is 0 Å². The Morgan fingerprint density at radius 2 is 1.31 bits per heavy atom. The van der Waals surface area contributed by atoms with Crippen molar-refractivity contribution in [3.8, 4) is 0 Å². The molecule has 0 unspecified atom stereocenters. The van der Waals surface area contributed by atoms with Gasteiger partial charge < -0.3 is 0 Å². The maximum Gasteiger partial charge on any atom is 0.166 e. The lowest BCUT2D eigenvalue weighted by atomic mass is 10.2. The van der Waals surface area contributed by atoms with Gasteiger partial charge in [0.05, 0.1) is 0 Å². The molecule has 2 aromatic rings. The van der Waals surface area contributed by atoms with Gasteiger partial charge in [0, 0.05) is 12.1 Å². The van der Waals surface area contributed by atoms with Crippen LogP contribution in [0.2, 0.25) is 0 Å². The van der Waals surface area contributed by atoms with Crippen LogP contribution in [0.4, 0.5) is 0 Å². The van der Waals surface area contributed by atoms with Gasteiger partial charge in [-0.3, -0.25) is 0 Å². The number of H-pyrrole nitrogens is 1. The van der Waals surface area contributed by atoms with Crippen LogP contribution in [0.25, 0.3) is 0 Å². The van der Waals surface area contributed by atoms with E-state index in [9.17, 15) is 0 Å². The summed E-state index contributed by atoms with van der Waals surface area (Å²) in [5.41, 5.74) is 1.32. The van der Waals surface area contributed by atoms with E-state index in [2.05, 4.69) is 24.0 Å². The molecule has 0 fully saturated rings. The van der Waals surface area contributed by atoms with Crippen LogP contribution in [0.1, 0.15) is 5.56 Å². The maximum absolute atomic E-state index is 2.89. The predicted molar refractivity (Wildman–Crippen MR) is 54.2 cm³/mol. The van der Waals surface area contributed by atoms with E-state index in [1.54, 1.807) is 0 Å². The fraction of sp³-hybridized carbons (Fsp3) is 0.0833. The van der Waals surface area contributed by atoms with Crippen molar-refractivity contribution in [2.45, 2.75) is 6.92 Å². The van der Waals surface area contributed by atoms with Gasteiger partial charge in [-0.25, -0.2) is 4.98 Å². The predicted octanol–water partition coefficient (Wildman–Crippen LogP) is 2.50. The number of nitrogens with one attached hydrogen (secondary N) is 1. The third kappa shape index (κ3) is 4.75. The molecule has 1 aromatic carbocycles. The molecule has 1 heterocycles. The lowest BCUT2D eigenvalue weighted by molar-refractivity contribution is -0.377. The second-order valence-electron chi connectivity index (χ2n) is 2.73. The highest BCUT2D eigenvalue weighted by atomic mass is 14.6.